The molecule has 0 amide bonds. The van der Waals surface area contributed by atoms with Crippen LogP contribution in [0.3, 0.4) is 0 Å². The SMILES string of the molecule is CC1N=C2C(NCC3CCOC3)=NC(Cl)=NN2C1[C@@H]1O[C@H](COP(=O)(O)CP(=O)(O)O)[C@@H](O)[C@H]1O. The fourth-order valence-corrected chi connectivity index (χ4v) is 7.12. The fraction of sp³-hybridized carbons (Fsp3) is 0.824. The zero-order valence-electron chi connectivity index (χ0n) is 18.6. The second-order valence-corrected chi connectivity index (χ2v) is 13.2. The van der Waals surface area contributed by atoms with Crippen molar-refractivity contribution in [2.24, 2.45) is 21.0 Å². The van der Waals surface area contributed by atoms with Gasteiger partial charge in [-0.15, -0.1) is 5.10 Å². The van der Waals surface area contributed by atoms with Gasteiger partial charge >= 0.3 is 15.2 Å². The maximum atomic E-state index is 11.9. The second kappa shape index (κ2) is 10.4. The molecule has 0 bridgehead atoms. The van der Waals surface area contributed by atoms with Crippen LogP contribution in [0.5, 0.6) is 0 Å². The fourth-order valence-electron chi connectivity index (χ4n) is 4.39. The van der Waals surface area contributed by atoms with Gasteiger partial charge in [-0.2, -0.15) is 4.99 Å². The smallest absolute Gasteiger partial charge is 0.340 e. The minimum absolute atomic E-state index is 0.0696. The highest BCUT2D eigenvalue weighted by molar-refractivity contribution is 7.70. The molecule has 0 aromatic rings. The molecule has 18 heteroatoms. The first-order valence-electron chi connectivity index (χ1n) is 10.9. The molecule has 15 nitrogen and oxygen atoms in total. The number of hydrogen-bond acceptors (Lipinski definition) is 12. The van der Waals surface area contributed by atoms with Crippen molar-refractivity contribution in [3.05, 3.63) is 0 Å². The van der Waals surface area contributed by atoms with Crippen molar-refractivity contribution >= 4 is 43.8 Å². The van der Waals surface area contributed by atoms with E-state index in [0.717, 1.165) is 6.42 Å². The molecular weight excluding hydrogens is 532 g/mol. The molecule has 2 fully saturated rings. The molecule has 0 saturated carbocycles. The van der Waals surface area contributed by atoms with Gasteiger partial charge in [-0.1, -0.05) is 0 Å². The molecule has 4 unspecified atom stereocenters. The normalized spacial score (nSPS) is 36.9. The number of rotatable bonds is 8. The third kappa shape index (κ3) is 6.31. The standard InChI is InChI=1S/C17H28ClN5O10P2/c1-8-11(14-13(25)12(24)10(33-14)6-32-35(29,30)7-34(26,27)28)23-16(20-8)15(21-17(18)22-23)19-4-9-2-3-31-5-9/h8-14,24-25H,2-7H2,1H3,(H,29,30)(H,19,21,22)(H2,26,27,28)/t8?,9?,10-,11?,12-,13-,14+/m1/s1. The summed E-state index contributed by atoms with van der Waals surface area (Å²) in [5.41, 5.74) is 0. The number of hydrogen-bond donors (Lipinski definition) is 6. The average Bonchev–Trinajstić information content (AvgIpc) is 3.43. The van der Waals surface area contributed by atoms with E-state index in [0.29, 0.717) is 37.3 Å². The number of aliphatic hydroxyl groups excluding tert-OH is 2. The predicted molar refractivity (Wildman–Crippen MR) is 124 cm³/mol. The molecule has 0 aromatic heterocycles. The summed E-state index contributed by atoms with van der Waals surface area (Å²) in [5.74, 6) is -0.285. The molecule has 4 aliphatic heterocycles. The first-order valence-corrected chi connectivity index (χ1v) is 14.8. The average molecular weight is 560 g/mol. The number of ether oxygens (including phenoxy) is 2. The van der Waals surface area contributed by atoms with E-state index in [9.17, 15) is 24.2 Å². The van der Waals surface area contributed by atoms with Gasteiger partial charge in [0.1, 0.15) is 30.5 Å². The quantitative estimate of drug-likeness (QED) is 0.153. The largest absolute Gasteiger partial charge is 0.388 e. The van der Waals surface area contributed by atoms with Crippen molar-refractivity contribution in [3.8, 4) is 0 Å². The Morgan fingerprint density at radius 3 is 2.66 bits per heavy atom. The molecule has 4 heterocycles. The summed E-state index contributed by atoms with van der Waals surface area (Å²) in [4.78, 5) is 36.3. The molecule has 0 aromatic carbocycles. The van der Waals surface area contributed by atoms with Crippen molar-refractivity contribution in [2.45, 2.75) is 49.8 Å². The van der Waals surface area contributed by atoms with Crippen LogP contribution in [0.1, 0.15) is 13.3 Å². The molecular formula is C17H28ClN5O10P2. The van der Waals surface area contributed by atoms with E-state index in [1.807, 2.05) is 0 Å². The Balaban J connectivity index is 1.43. The highest BCUT2D eigenvalue weighted by Gasteiger charge is 2.53. The molecule has 198 valence electrons. The molecule has 0 aliphatic carbocycles. The van der Waals surface area contributed by atoms with E-state index in [4.69, 9.17) is 35.4 Å². The summed E-state index contributed by atoms with van der Waals surface area (Å²) < 4.78 is 38.9. The summed E-state index contributed by atoms with van der Waals surface area (Å²) in [5, 5.41) is 30.0. The third-order valence-corrected chi connectivity index (χ3v) is 9.66. The van der Waals surface area contributed by atoms with Crippen molar-refractivity contribution in [1.82, 2.24) is 10.3 Å². The Morgan fingerprint density at radius 1 is 1.26 bits per heavy atom. The lowest BCUT2D eigenvalue weighted by Crippen LogP contribution is -2.53. The van der Waals surface area contributed by atoms with Gasteiger partial charge in [-0.25, -0.2) is 5.01 Å². The van der Waals surface area contributed by atoms with Crippen LogP contribution in [-0.4, -0.2) is 116 Å². The van der Waals surface area contributed by atoms with E-state index < -0.39 is 64.2 Å². The summed E-state index contributed by atoms with van der Waals surface area (Å²) in [7, 11) is -9.49. The van der Waals surface area contributed by atoms with Crippen molar-refractivity contribution in [3.63, 3.8) is 0 Å². The number of nitrogens with zero attached hydrogens (tertiary/aromatic N) is 4. The van der Waals surface area contributed by atoms with Crippen molar-refractivity contribution in [2.75, 3.05) is 32.3 Å². The monoisotopic (exact) mass is 559 g/mol. The van der Waals surface area contributed by atoms with Crippen LogP contribution in [-0.2, 0) is 23.1 Å². The molecule has 4 rings (SSSR count). The summed E-state index contributed by atoms with van der Waals surface area (Å²) in [6.07, 6.45) is -4.34. The van der Waals surface area contributed by atoms with Gasteiger partial charge in [0.05, 0.1) is 19.3 Å². The van der Waals surface area contributed by atoms with Gasteiger partial charge < -0.3 is 44.2 Å². The van der Waals surface area contributed by atoms with Gasteiger partial charge in [-0.05, 0) is 24.9 Å². The molecule has 6 N–H and O–H groups in total. The van der Waals surface area contributed by atoms with Gasteiger partial charge in [0.2, 0.25) is 5.29 Å². The summed E-state index contributed by atoms with van der Waals surface area (Å²) in [6, 6.07) is -1.17. The third-order valence-electron chi connectivity index (χ3n) is 6.05. The summed E-state index contributed by atoms with van der Waals surface area (Å²) >= 11 is 6.15. The van der Waals surface area contributed by atoms with Crippen LogP contribution in [0.25, 0.3) is 0 Å². The zero-order valence-corrected chi connectivity index (χ0v) is 21.2. The van der Waals surface area contributed by atoms with E-state index in [-0.39, 0.29) is 5.29 Å². The number of hydrazone groups is 1. The van der Waals surface area contributed by atoms with E-state index >= 15 is 0 Å². The minimum Gasteiger partial charge on any atom is -0.388 e. The maximum Gasteiger partial charge on any atom is 0.340 e. The Labute approximate surface area is 205 Å². The van der Waals surface area contributed by atoms with Gasteiger partial charge in [0.15, 0.2) is 17.6 Å². The molecule has 0 radical (unpaired) electrons. The first-order chi connectivity index (χ1) is 16.3. The highest BCUT2D eigenvalue weighted by Crippen LogP contribution is 2.55. The minimum atomic E-state index is -4.82. The van der Waals surface area contributed by atoms with Crippen LogP contribution in [0.4, 0.5) is 0 Å². The zero-order chi connectivity index (χ0) is 25.5. The van der Waals surface area contributed by atoms with Gasteiger partial charge in [0, 0.05) is 19.1 Å². The number of halogens is 1. The number of amidine groups is 3. The first kappa shape index (κ1) is 27.1. The van der Waals surface area contributed by atoms with Crippen LogP contribution in [0.2, 0.25) is 0 Å². The van der Waals surface area contributed by atoms with E-state index in [1.165, 1.54) is 5.01 Å². The molecule has 4 aliphatic rings. The lowest BCUT2D eigenvalue weighted by Gasteiger charge is -2.32. The van der Waals surface area contributed by atoms with E-state index in [2.05, 4.69) is 20.4 Å². The second-order valence-electron chi connectivity index (χ2n) is 8.83. The molecule has 2 saturated heterocycles. The number of aliphatic hydroxyl groups is 2. The maximum absolute atomic E-state index is 11.9. The molecule has 0 spiro atoms. The summed E-state index contributed by atoms with van der Waals surface area (Å²) in [6.45, 7) is 3.00. The number of nitrogens with one attached hydrogen (secondary N) is 1. The number of fused-ring (bicyclic) bond motifs is 1. The van der Waals surface area contributed by atoms with Crippen LogP contribution in [0, 0.1) is 5.92 Å². The van der Waals surface area contributed by atoms with Crippen LogP contribution >= 0.6 is 26.8 Å². The number of aliphatic imine (C=N–C) groups is 2. The van der Waals surface area contributed by atoms with Crippen LogP contribution in [0.15, 0.2) is 15.1 Å². The highest BCUT2D eigenvalue weighted by atomic mass is 35.5. The Kier molecular flexibility index (Phi) is 8.07. The Bertz CT molecular complexity index is 1000. The Morgan fingerprint density at radius 2 is 2.00 bits per heavy atom. The predicted octanol–water partition coefficient (Wildman–Crippen LogP) is -1.17. The Hall–Kier alpha value is -0.960. The van der Waals surface area contributed by atoms with Gasteiger partial charge in [-0.3, -0.25) is 14.1 Å². The molecule has 8 atom stereocenters. The van der Waals surface area contributed by atoms with Crippen molar-refractivity contribution < 1.29 is 48.0 Å². The lowest BCUT2D eigenvalue weighted by molar-refractivity contribution is -0.0444. The topological polar surface area (TPSA) is 215 Å². The van der Waals surface area contributed by atoms with E-state index in [1.54, 1.807) is 6.92 Å². The lowest BCUT2D eigenvalue weighted by atomic mass is 9.98. The van der Waals surface area contributed by atoms with Gasteiger partial charge in [0.25, 0.3) is 0 Å². The van der Waals surface area contributed by atoms with Crippen LogP contribution < -0.4 is 5.32 Å². The molecule has 35 heavy (non-hydrogen) atoms. The van der Waals surface area contributed by atoms with Crippen molar-refractivity contribution in [1.29, 1.82) is 0 Å².